The van der Waals surface area contributed by atoms with Crippen LogP contribution in [0.3, 0.4) is 0 Å². The largest absolute Gasteiger partial charge is 0.370 e. The van der Waals surface area contributed by atoms with Crippen LogP contribution in [0.5, 0.6) is 0 Å². The van der Waals surface area contributed by atoms with Crippen LogP contribution in [0.2, 0.25) is 0 Å². The Morgan fingerprint density at radius 3 is 2.33 bits per heavy atom. The van der Waals surface area contributed by atoms with Gasteiger partial charge in [0, 0.05) is 26.3 Å². The lowest BCUT2D eigenvalue weighted by molar-refractivity contribution is 0.753. The van der Waals surface area contributed by atoms with Crippen molar-refractivity contribution in [3.05, 3.63) is 66.0 Å². The second kappa shape index (κ2) is 7.04. The Morgan fingerprint density at radius 2 is 1.71 bits per heavy atom. The van der Waals surface area contributed by atoms with E-state index in [2.05, 4.69) is 56.5 Å². The molecule has 0 fully saturated rings. The molecule has 0 aliphatic heterocycles. The van der Waals surface area contributed by atoms with E-state index in [0.29, 0.717) is 11.8 Å². The number of hydrogen-bond acceptors (Lipinski definition) is 5. The third kappa shape index (κ3) is 3.84. The Labute approximate surface area is 141 Å². The second-order valence-corrected chi connectivity index (χ2v) is 5.64. The Hall–Kier alpha value is -3.02. The lowest BCUT2D eigenvalue weighted by Gasteiger charge is -2.19. The van der Waals surface area contributed by atoms with Crippen LogP contribution in [0.1, 0.15) is 11.4 Å². The first kappa shape index (κ1) is 15.9. The molecule has 0 unspecified atom stereocenters. The summed E-state index contributed by atoms with van der Waals surface area (Å²) in [6.45, 7) is 2.69. The number of azo groups is 1. The van der Waals surface area contributed by atoms with Gasteiger partial charge in [0.1, 0.15) is 5.82 Å². The summed E-state index contributed by atoms with van der Waals surface area (Å²) in [7, 11) is 3.88. The van der Waals surface area contributed by atoms with Crippen molar-refractivity contribution in [3.63, 3.8) is 0 Å². The summed E-state index contributed by atoms with van der Waals surface area (Å²) < 4.78 is 1.61. The Bertz CT molecular complexity index is 820. The van der Waals surface area contributed by atoms with Gasteiger partial charge in [-0.05, 0) is 36.8 Å². The highest BCUT2D eigenvalue weighted by molar-refractivity contribution is 5.52. The van der Waals surface area contributed by atoms with E-state index in [4.69, 9.17) is 0 Å². The molecule has 0 saturated heterocycles. The zero-order valence-corrected chi connectivity index (χ0v) is 14.1. The highest BCUT2D eigenvalue weighted by Gasteiger charge is 2.03. The van der Waals surface area contributed by atoms with Crippen molar-refractivity contribution in [1.82, 2.24) is 14.8 Å². The fourth-order valence-electron chi connectivity index (χ4n) is 2.41. The minimum absolute atomic E-state index is 0.498. The maximum Gasteiger partial charge on any atom is 0.267 e. The topological polar surface area (TPSA) is 58.7 Å². The molecule has 0 aliphatic rings. The molecule has 1 aromatic heterocycles. The fraction of sp³-hybridized carbons (Fsp3) is 0.222. The van der Waals surface area contributed by atoms with Crippen LogP contribution in [0, 0.1) is 6.92 Å². The molecule has 0 bridgehead atoms. The van der Waals surface area contributed by atoms with Gasteiger partial charge in [-0.15, -0.1) is 10.2 Å². The summed E-state index contributed by atoms with van der Waals surface area (Å²) >= 11 is 0. The molecule has 1 heterocycles. The first-order valence-corrected chi connectivity index (χ1v) is 7.76. The Kier molecular flexibility index (Phi) is 4.65. The molecule has 122 valence electrons. The zero-order chi connectivity index (χ0) is 16.9. The number of rotatable bonds is 5. The number of nitrogens with zero attached hydrogens (tertiary/aromatic N) is 6. The van der Waals surface area contributed by atoms with Crippen molar-refractivity contribution in [2.24, 2.45) is 17.3 Å². The van der Waals surface area contributed by atoms with Crippen LogP contribution < -0.4 is 4.90 Å². The summed E-state index contributed by atoms with van der Waals surface area (Å²) in [5.41, 5.74) is 3.20. The van der Waals surface area contributed by atoms with Crippen LogP contribution in [0.4, 0.5) is 17.3 Å². The van der Waals surface area contributed by atoms with E-state index in [0.717, 1.165) is 17.9 Å². The van der Waals surface area contributed by atoms with E-state index >= 15 is 0 Å². The van der Waals surface area contributed by atoms with Gasteiger partial charge in [-0.2, -0.15) is 10.1 Å². The summed E-state index contributed by atoms with van der Waals surface area (Å²) in [4.78, 5) is 6.40. The molecule has 0 aliphatic carbocycles. The second-order valence-electron chi connectivity index (χ2n) is 5.64. The number of aryl methyl sites for hydroxylation is 2. The smallest absolute Gasteiger partial charge is 0.267 e. The molecular formula is C18H20N6. The molecule has 24 heavy (non-hydrogen) atoms. The van der Waals surface area contributed by atoms with Crippen LogP contribution in [0.15, 0.2) is 64.8 Å². The van der Waals surface area contributed by atoms with Gasteiger partial charge in [0.2, 0.25) is 0 Å². The van der Waals surface area contributed by atoms with Crippen LogP contribution in [0.25, 0.3) is 0 Å². The maximum atomic E-state index is 4.22. The van der Waals surface area contributed by atoms with Crippen molar-refractivity contribution in [3.8, 4) is 0 Å². The summed E-state index contributed by atoms with van der Waals surface area (Å²) in [5, 5.41) is 12.5. The fourth-order valence-corrected chi connectivity index (χ4v) is 2.41. The Morgan fingerprint density at radius 1 is 1.00 bits per heavy atom. The van der Waals surface area contributed by atoms with Gasteiger partial charge in [0.05, 0.1) is 5.69 Å². The predicted molar refractivity (Wildman–Crippen MR) is 94.9 cm³/mol. The molecule has 0 atom stereocenters. The lowest BCUT2D eigenvalue weighted by atomic mass is 10.2. The van der Waals surface area contributed by atoms with Gasteiger partial charge in [-0.25, -0.2) is 4.68 Å². The number of benzene rings is 2. The number of aromatic nitrogens is 3. The molecule has 0 spiro atoms. The summed E-state index contributed by atoms with van der Waals surface area (Å²) in [6.07, 6.45) is 0. The predicted octanol–water partition coefficient (Wildman–Crippen LogP) is 4.18. The van der Waals surface area contributed by atoms with E-state index in [9.17, 15) is 0 Å². The van der Waals surface area contributed by atoms with Crippen molar-refractivity contribution >= 4 is 17.3 Å². The third-order valence-electron chi connectivity index (χ3n) is 3.65. The summed E-state index contributed by atoms with van der Waals surface area (Å²) in [5.74, 6) is 1.18. The average Bonchev–Trinajstić information content (AvgIpc) is 2.92. The van der Waals surface area contributed by atoms with Crippen molar-refractivity contribution in [2.75, 3.05) is 11.9 Å². The normalized spacial score (nSPS) is 11.1. The van der Waals surface area contributed by atoms with E-state index < -0.39 is 0 Å². The molecule has 6 heteroatoms. The van der Waals surface area contributed by atoms with Crippen LogP contribution in [-0.4, -0.2) is 21.8 Å². The SMILES string of the molecule is Cc1nc(N=Nc2ccc(N(C)Cc3ccccc3)cc2)n(C)n1. The first-order valence-electron chi connectivity index (χ1n) is 7.76. The van der Waals surface area contributed by atoms with Crippen molar-refractivity contribution in [1.29, 1.82) is 0 Å². The van der Waals surface area contributed by atoms with E-state index in [-0.39, 0.29) is 0 Å². The maximum absolute atomic E-state index is 4.22. The quantitative estimate of drug-likeness (QED) is 0.663. The molecular weight excluding hydrogens is 300 g/mol. The van der Waals surface area contributed by atoms with Crippen LogP contribution in [-0.2, 0) is 13.6 Å². The molecule has 0 N–H and O–H groups in total. The number of hydrogen-bond donors (Lipinski definition) is 0. The van der Waals surface area contributed by atoms with Gasteiger partial charge >= 0.3 is 0 Å². The van der Waals surface area contributed by atoms with E-state index in [1.165, 1.54) is 5.56 Å². The minimum Gasteiger partial charge on any atom is -0.370 e. The molecule has 0 radical (unpaired) electrons. The molecule has 2 aromatic carbocycles. The van der Waals surface area contributed by atoms with Gasteiger partial charge in [0.25, 0.3) is 5.95 Å². The van der Waals surface area contributed by atoms with Crippen molar-refractivity contribution < 1.29 is 0 Å². The van der Waals surface area contributed by atoms with Gasteiger partial charge in [-0.1, -0.05) is 30.3 Å². The Balaban J connectivity index is 1.67. The third-order valence-corrected chi connectivity index (χ3v) is 3.65. The number of anilines is 1. The molecule has 3 aromatic rings. The first-order chi connectivity index (χ1) is 11.6. The molecule has 6 nitrogen and oxygen atoms in total. The molecule has 0 saturated carbocycles. The van der Waals surface area contributed by atoms with E-state index in [1.807, 2.05) is 37.3 Å². The van der Waals surface area contributed by atoms with Gasteiger partial charge < -0.3 is 4.90 Å². The lowest BCUT2D eigenvalue weighted by Crippen LogP contribution is -2.15. The van der Waals surface area contributed by atoms with Crippen molar-refractivity contribution in [2.45, 2.75) is 13.5 Å². The van der Waals surface area contributed by atoms with Crippen LogP contribution >= 0.6 is 0 Å². The average molecular weight is 320 g/mol. The van der Waals surface area contributed by atoms with Gasteiger partial charge in [-0.3, -0.25) is 0 Å². The highest BCUT2D eigenvalue weighted by atomic mass is 15.4. The monoisotopic (exact) mass is 320 g/mol. The standard InChI is InChI=1S/C18H20N6/c1-14-19-18(24(3)22-14)21-20-16-9-11-17(12-10-16)23(2)13-15-7-5-4-6-8-15/h4-12H,13H2,1-3H3. The summed E-state index contributed by atoms with van der Waals surface area (Å²) in [6, 6.07) is 18.4. The molecule has 3 rings (SSSR count). The van der Waals surface area contributed by atoms with E-state index in [1.54, 1.807) is 11.7 Å². The zero-order valence-electron chi connectivity index (χ0n) is 14.1. The van der Waals surface area contributed by atoms with Gasteiger partial charge in [0.15, 0.2) is 0 Å². The minimum atomic E-state index is 0.498. The highest BCUT2D eigenvalue weighted by Crippen LogP contribution is 2.22. The molecule has 0 amide bonds.